The average Bonchev–Trinajstić information content (AvgIpc) is 3.10. The third-order valence-electron chi connectivity index (χ3n) is 10.7. The van der Waals surface area contributed by atoms with E-state index in [9.17, 15) is 0 Å². The van der Waals surface area contributed by atoms with Gasteiger partial charge in [-0.3, -0.25) is 0 Å². The first-order chi connectivity index (χ1) is 26.7. The van der Waals surface area contributed by atoms with Crippen molar-refractivity contribution in [1.29, 1.82) is 0 Å². The van der Waals surface area contributed by atoms with Gasteiger partial charge in [0.2, 0.25) is 39.3 Å². The molecule has 4 aromatic rings. The van der Waals surface area contributed by atoms with E-state index in [1.54, 1.807) is 83.1 Å². The number of fused-ring (bicyclic) bond motifs is 5. The van der Waals surface area contributed by atoms with Gasteiger partial charge in [0.1, 0.15) is 39.2 Å². The molecule has 2 aliphatic rings. The van der Waals surface area contributed by atoms with Gasteiger partial charge in [0.05, 0.1) is 21.3 Å². The Bertz CT molecular complexity index is 2930. The Balaban J connectivity index is 2.04. The van der Waals surface area contributed by atoms with Gasteiger partial charge in [-0.2, -0.15) is 0 Å². The van der Waals surface area contributed by atoms with Crippen LogP contribution in [0.4, 0.5) is 0 Å². The molecular weight excluding hydrogens is 837 g/mol. The average molecular weight is 889 g/mol. The minimum absolute atomic E-state index is 0.0225. The molecule has 0 fully saturated rings. The van der Waals surface area contributed by atoms with E-state index in [0.29, 0.717) is 5.56 Å². The molecule has 59 heavy (non-hydrogen) atoms. The van der Waals surface area contributed by atoms with Crippen LogP contribution >= 0.6 is 0 Å². The summed E-state index contributed by atoms with van der Waals surface area (Å²) in [6, 6.07) is 9.09. The maximum absolute atomic E-state index is 15.6. The molecule has 16 heteroatoms. The van der Waals surface area contributed by atoms with Crippen molar-refractivity contribution in [3.8, 4) is 28.7 Å². The van der Waals surface area contributed by atoms with Gasteiger partial charge < -0.3 is 18.9 Å². The maximum Gasteiger partial charge on any atom is 0.214 e. The molecule has 0 atom stereocenters. The highest BCUT2D eigenvalue weighted by Crippen LogP contribution is 2.58. The van der Waals surface area contributed by atoms with Crippen LogP contribution in [0.5, 0.6) is 28.7 Å². The second kappa shape index (κ2) is 13.4. The first-order valence-electron chi connectivity index (χ1n) is 18.8. The number of rotatable bonds is 3. The monoisotopic (exact) mass is 888 g/mol. The summed E-state index contributed by atoms with van der Waals surface area (Å²) in [4.78, 5) is -4.36. The van der Waals surface area contributed by atoms with E-state index < -0.39 is 129 Å². The highest BCUT2D eigenvalue weighted by atomic mass is 32.2. The van der Waals surface area contributed by atoms with E-state index in [0.717, 1.165) is 21.3 Å². The van der Waals surface area contributed by atoms with Crippen LogP contribution in [0.15, 0.2) is 81.6 Å². The molecule has 0 aromatic heterocycles. The first kappa shape index (κ1) is 44.4. The lowest BCUT2D eigenvalue weighted by Gasteiger charge is -2.32. The first-order valence-corrected chi connectivity index (χ1v) is 24.7. The molecule has 0 radical (unpaired) electrons. The van der Waals surface area contributed by atoms with Gasteiger partial charge in [-0.05, 0) is 86.4 Å². The Morgan fingerprint density at radius 3 is 0.966 bits per heavy atom. The van der Waals surface area contributed by atoms with Gasteiger partial charge in [0, 0.05) is 0 Å². The van der Waals surface area contributed by atoms with E-state index in [-0.39, 0.29) is 16.7 Å². The standard InChI is InChI=1S/C43H52O12S4/c1-40(2,3)23-16-27-34(52-13)29(18-23)57(46,47)31-20-25(42(7,8)9)21-32-36(31)55-38-37(54-15)33(22-26(43(10,11)12)39(38)59(32,50)51)58(48,49)30-19-24(41(4,5)6)17-28(35(30)53-14)56(27,44)45/h16-22H,1-15H3. The fraction of sp³-hybridized carbons (Fsp3) is 0.442. The van der Waals surface area contributed by atoms with Crippen molar-refractivity contribution < 1.29 is 52.6 Å². The molecule has 0 saturated heterocycles. The number of hydrogen-bond donors (Lipinski definition) is 0. The van der Waals surface area contributed by atoms with Gasteiger partial charge in [-0.1, -0.05) is 83.1 Å². The van der Waals surface area contributed by atoms with Crippen molar-refractivity contribution in [3.63, 3.8) is 0 Å². The molecule has 7 bridgehead atoms. The molecule has 2 heterocycles. The lowest BCUT2D eigenvalue weighted by Crippen LogP contribution is -2.24. The van der Waals surface area contributed by atoms with E-state index in [1.807, 2.05) is 0 Å². The van der Waals surface area contributed by atoms with Crippen molar-refractivity contribution in [3.05, 3.63) is 64.7 Å². The lowest BCUT2D eigenvalue weighted by molar-refractivity contribution is 0.347. The number of sulfone groups is 4. The van der Waals surface area contributed by atoms with E-state index in [4.69, 9.17) is 18.9 Å². The van der Waals surface area contributed by atoms with Gasteiger partial charge >= 0.3 is 0 Å². The van der Waals surface area contributed by atoms with Crippen LogP contribution in [-0.2, 0) is 61.0 Å². The van der Waals surface area contributed by atoms with Crippen molar-refractivity contribution in [2.75, 3.05) is 21.3 Å². The summed E-state index contributed by atoms with van der Waals surface area (Å²) in [5, 5.41) is 0. The SMILES string of the molecule is COc1c2cc(C(C)(C)C)cc1S(=O)(=O)c1cc(C(C)(C)C)cc3c1Oc1c(OC)c(cc(C(C)(C)C)c1S3(=O)=O)S(=O)(=O)c1cc(C(C)(C)C)cc(c1OC)S2(=O)=O. The highest BCUT2D eigenvalue weighted by Gasteiger charge is 2.47. The van der Waals surface area contributed by atoms with Crippen molar-refractivity contribution >= 4 is 39.3 Å². The Kier molecular flexibility index (Phi) is 10.1. The van der Waals surface area contributed by atoms with Crippen LogP contribution in [0.3, 0.4) is 0 Å². The van der Waals surface area contributed by atoms with Crippen molar-refractivity contribution in [2.24, 2.45) is 0 Å². The Labute approximate surface area is 348 Å². The van der Waals surface area contributed by atoms with Crippen molar-refractivity contribution in [2.45, 2.75) is 144 Å². The lowest BCUT2D eigenvalue weighted by atomic mass is 9.86. The summed E-state index contributed by atoms with van der Waals surface area (Å²) in [5.74, 6) is -2.85. The van der Waals surface area contributed by atoms with Gasteiger partial charge in [0.25, 0.3) is 0 Å². The summed E-state index contributed by atoms with van der Waals surface area (Å²) in [7, 11) is -16.2. The zero-order chi connectivity index (χ0) is 44.6. The van der Waals surface area contributed by atoms with Crippen LogP contribution < -0.4 is 18.9 Å². The van der Waals surface area contributed by atoms with Gasteiger partial charge in [0.15, 0.2) is 28.7 Å². The topological polar surface area (TPSA) is 173 Å². The molecule has 0 aliphatic carbocycles. The zero-order valence-electron chi connectivity index (χ0n) is 36.1. The summed E-state index contributed by atoms with van der Waals surface area (Å²) in [5.41, 5.74) is -2.76. The maximum atomic E-state index is 15.6. The van der Waals surface area contributed by atoms with Crippen LogP contribution in [0.25, 0.3) is 0 Å². The molecule has 4 aromatic carbocycles. The highest BCUT2D eigenvalue weighted by molar-refractivity contribution is 7.93. The quantitative estimate of drug-likeness (QED) is 0.166. The predicted molar refractivity (Wildman–Crippen MR) is 222 cm³/mol. The Hall–Kier alpha value is -4.12. The summed E-state index contributed by atoms with van der Waals surface area (Å²) in [6.45, 7) is 21.0. The Morgan fingerprint density at radius 1 is 0.373 bits per heavy atom. The molecule has 0 amide bonds. The van der Waals surface area contributed by atoms with Crippen LogP contribution in [-0.4, -0.2) is 55.0 Å². The smallest absolute Gasteiger partial charge is 0.214 e. The molecule has 0 unspecified atom stereocenters. The second-order valence-corrected chi connectivity index (χ2v) is 26.6. The van der Waals surface area contributed by atoms with E-state index >= 15 is 33.7 Å². The Morgan fingerprint density at radius 2 is 0.661 bits per heavy atom. The summed E-state index contributed by atoms with van der Waals surface area (Å²) >= 11 is 0. The van der Waals surface area contributed by atoms with E-state index in [2.05, 4.69) is 0 Å². The van der Waals surface area contributed by atoms with Gasteiger partial charge in [-0.25, -0.2) is 33.7 Å². The largest absolute Gasteiger partial charge is 0.494 e. The van der Waals surface area contributed by atoms with Crippen LogP contribution in [0, 0.1) is 0 Å². The molecule has 6 rings (SSSR count). The molecule has 320 valence electrons. The minimum Gasteiger partial charge on any atom is -0.494 e. The van der Waals surface area contributed by atoms with Crippen LogP contribution in [0.1, 0.15) is 105 Å². The van der Waals surface area contributed by atoms with Crippen LogP contribution in [0.2, 0.25) is 0 Å². The van der Waals surface area contributed by atoms with E-state index in [1.165, 1.54) is 42.5 Å². The third-order valence-corrected chi connectivity index (χ3v) is 17.9. The number of ether oxygens (including phenoxy) is 4. The summed E-state index contributed by atoms with van der Waals surface area (Å²) in [6.07, 6.45) is 0. The predicted octanol–water partition coefficient (Wildman–Crippen LogP) is 8.65. The third kappa shape index (κ3) is 6.81. The normalized spacial score (nSPS) is 17.6. The molecular formula is C43H52O12S4. The number of benzene rings is 4. The summed E-state index contributed by atoms with van der Waals surface area (Å²) < 4.78 is 147. The zero-order valence-corrected chi connectivity index (χ0v) is 39.3. The fourth-order valence-electron chi connectivity index (χ4n) is 7.21. The number of methoxy groups -OCH3 is 3. The minimum atomic E-state index is -5.00. The fourth-order valence-corrected chi connectivity index (χ4v) is 14.3. The molecule has 12 nitrogen and oxygen atoms in total. The van der Waals surface area contributed by atoms with Gasteiger partial charge in [-0.15, -0.1) is 0 Å². The number of hydrogen-bond acceptors (Lipinski definition) is 12. The van der Waals surface area contributed by atoms with Crippen molar-refractivity contribution in [1.82, 2.24) is 0 Å². The second-order valence-electron chi connectivity index (χ2n) is 19.0. The molecule has 0 N–H and O–H groups in total. The molecule has 0 saturated carbocycles. The molecule has 0 spiro atoms. The molecule has 2 aliphatic heterocycles.